The molecule has 0 aliphatic carbocycles. The van der Waals surface area contributed by atoms with Gasteiger partial charge in [-0.2, -0.15) is 5.10 Å². The third-order valence-electron chi connectivity index (χ3n) is 1.91. The number of nitrogens with zero attached hydrogens (tertiary/aromatic N) is 2. The Hall–Kier alpha value is -1.89. The standard InChI is InChI=1S/C11H14N4O2S/c1-11(2,3)17-10(16)15-9-14-8(6-18-9)7-4-12-13-5-7/h4-6H,1-3H3,(H,12,13)(H,14,15,16). The molecule has 2 heterocycles. The van der Waals surface area contributed by atoms with Gasteiger partial charge in [-0.3, -0.25) is 10.4 Å². The lowest BCUT2D eigenvalue weighted by atomic mass is 10.2. The summed E-state index contributed by atoms with van der Waals surface area (Å²) in [5.41, 5.74) is 1.12. The van der Waals surface area contributed by atoms with Crippen LogP contribution < -0.4 is 5.32 Å². The van der Waals surface area contributed by atoms with Gasteiger partial charge < -0.3 is 4.74 Å². The van der Waals surface area contributed by atoms with Crippen LogP contribution in [0, 0.1) is 0 Å². The summed E-state index contributed by atoms with van der Waals surface area (Å²) in [7, 11) is 0. The fourth-order valence-electron chi connectivity index (χ4n) is 1.25. The summed E-state index contributed by atoms with van der Waals surface area (Å²) in [5.74, 6) is 0. The van der Waals surface area contributed by atoms with Gasteiger partial charge in [0, 0.05) is 17.1 Å². The van der Waals surface area contributed by atoms with Crippen LogP contribution in [0.25, 0.3) is 11.3 Å². The van der Waals surface area contributed by atoms with Gasteiger partial charge >= 0.3 is 6.09 Å². The number of amides is 1. The Morgan fingerprint density at radius 2 is 2.28 bits per heavy atom. The van der Waals surface area contributed by atoms with Crippen molar-refractivity contribution in [1.82, 2.24) is 15.2 Å². The molecule has 7 heteroatoms. The van der Waals surface area contributed by atoms with E-state index >= 15 is 0 Å². The van der Waals surface area contributed by atoms with E-state index in [-0.39, 0.29) is 0 Å². The SMILES string of the molecule is CC(C)(C)OC(=O)Nc1nc(-c2cn[nH]c2)cs1. The zero-order chi connectivity index (χ0) is 13.2. The molecular formula is C11H14N4O2S. The van der Waals surface area contributed by atoms with Gasteiger partial charge in [-0.25, -0.2) is 9.78 Å². The first-order chi connectivity index (χ1) is 8.44. The van der Waals surface area contributed by atoms with Crippen molar-refractivity contribution in [2.45, 2.75) is 26.4 Å². The molecule has 0 aliphatic heterocycles. The van der Waals surface area contributed by atoms with Gasteiger partial charge in [0.15, 0.2) is 5.13 Å². The third kappa shape index (κ3) is 3.30. The zero-order valence-corrected chi connectivity index (χ0v) is 11.2. The Labute approximate surface area is 108 Å². The molecule has 1 amide bonds. The van der Waals surface area contributed by atoms with E-state index in [1.54, 1.807) is 12.4 Å². The van der Waals surface area contributed by atoms with E-state index in [1.165, 1.54) is 11.3 Å². The van der Waals surface area contributed by atoms with E-state index in [1.807, 2.05) is 26.2 Å². The summed E-state index contributed by atoms with van der Waals surface area (Å²) in [6, 6.07) is 0. The molecule has 0 radical (unpaired) electrons. The lowest BCUT2D eigenvalue weighted by Crippen LogP contribution is -2.27. The molecule has 0 aliphatic rings. The number of carbonyl (C=O) groups is 1. The zero-order valence-electron chi connectivity index (χ0n) is 10.4. The molecule has 0 saturated carbocycles. The van der Waals surface area contributed by atoms with Crippen LogP contribution in [-0.4, -0.2) is 26.9 Å². The van der Waals surface area contributed by atoms with Crippen molar-refractivity contribution in [1.29, 1.82) is 0 Å². The normalized spacial score (nSPS) is 11.3. The summed E-state index contributed by atoms with van der Waals surface area (Å²) in [4.78, 5) is 15.8. The second-order valence-corrected chi connectivity index (χ2v) is 5.51. The summed E-state index contributed by atoms with van der Waals surface area (Å²) in [5, 5.41) is 11.5. The summed E-state index contributed by atoms with van der Waals surface area (Å²) >= 11 is 1.34. The number of aromatic amines is 1. The maximum absolute atomic E-state index is 11.5. The van der Waals surface area contributed by atoms with Crippen molar-refractivity contribution in [3.8, 4) is 11.3 Å². The Kier molecular flexibility index (Phi) is 3.33. The van der Waals surface area contributed by atoms with Crippen molar-refractivity contribution < 1.29 is 9.53 Å². The molecular weight excluding hydrogens is 252 g/mol. The predicted molar refractivity (Wildman–Crippen MR) is 69.6 cm³/mol. The van der Waals surface area contributed by atoms with E-state index in [0.29, 0.717) is 5.13 Å². The fraction of sp³-hybridized carbons (Fsp3) is 0.364. The molecule has 0 bridgehead atoms. The highest BCUT2D eigenvalue weighted by molar-refractivity contribution is 7.14. The monoisotopic (exact) mass is 266 g/mol. The van der Waals surface area contributed by atoms with Gasteiger partial charge in [-0.05, 0) is 20.8 Å². The molecule has 2 rings (SSSR count). The number of aromatic nitrogens is 3. The average molecular weight is 266 g/mol. The topological polar surface area (TPSA) is 79.9 Å². The first kappa shape index (κ1) is 12.6. The van der Waals surface area contributed by atoms with E-state index < -0.39 is 11.7 Å². The Morgan fingerprint density at radius 1 is 1.50 bits per heavy atom. The first-order valence-electron chi connectivity index (χ1n) is 5.39. The average Bonchev–Trinajstić information content (AvgIpc) is 2.82. The van der Waals surface area contributed by atoms with Crippen molar-refractivity contribution in [3.63, 3.8) is 0 Å². The second-order valence-electron chi connectivity index (χ2n) is 4.65. The van der Waals surface area contributed by atoms with Crippen molar-refractivity contribution in [3.05, 3.63) is 17.8 Å². The molecule has 96 valence electrons. The van der Waals surface area contributed by atoms with Gasteiger partial charge in [-0.15, -0.1) is 11.3 Å². The highest BCUT2D eigenvalue weighted by Crippen LogP contribution is 2.24. The molecule has 0 fully saturated rings. The quantitative estimate of drug-likeness (QED) is 0.875. The summed E-state index contributed by atoms with van der Waals surface area (Å²) in [6.07, 6.45) is 2.91. The lowest BCUT2D eigenvalue weighted by molar-refractivity contribution is 0.0636. The van der Waals surface area contributed by atoms with E-state index in [2.05, 4.69) is 20.5 Å². The number of thiazole rings is 1. The lowest BCUT2D eigenvalue weighted by Gasteiger charge is -2.18. The molecule has 2 N–H and O–H groups in total. The van der Waals surface area contributed by atoms with Crippen molar-refractivity contribution in [2.75, 3.05) is 5.32 Å². The molecule has 0 atom stereocenters. The number of hydrogen-bond donors (Lipinski definition) is 2. The number of nitrogens with one attached hydrogen (secondary N) is 2. The van der Waals surface area contributed by atoms with E-state index in [0.717, 1.165) is 11.3 Å². The van der Waals surface area contributed by atoms with Crippen LogP contribution >= 0.6 is 11.3 Å². The highest BCUT2D eigenvalue weighted by atomic mass is 32.1. The second kappa shape index (κ2) is 4.77. The molecule has 2 aromatic rings. The minimum Gasteiger partial charge on any atom is -0.444 e. The Bertz CT molecular complexity index is 527. The summed E-state index contributed by atoms with van der Waals surface area (Å²) in [6.45, 7) is 5.43. The minimum absolute atomic E-state index is 0.500. The molecule has 2 aromatic heterocycles. The molecule has 18 heavy (non-hydrogen) atoms. The highest BCUT2D eigenvalue weighted by Gasteiger charge is 2.17. The number of ether oxygens (including phenoxy) is 1. The van der Waals surface area contributed by atoms with Crippen molar-refractivity contribution in [2.24, 2.45) is 0 Å². The first-order valence-corrected chi connectivity index (χ1v) is 6.27. The minimum atomic E-state index is -0.519. The van der Waals surface area contributed by atoms with Gasteiger partial charge in [0.1, 0.15) is 5.60 Å². The molecule has 0 spiro atoms. The van der Waals surface area contributed by atoms with Gasteiger partial charge in [-0.1, -0.05) is 0 Å². The van der Waals surface area contributed by atoms with Crippen LogP contribution in [-0.2, 0) is 4.74 Å². The number of rotatable bonds is 2. The maximum atomic E-state index is 11.5. The fourth-order valence-corrected chi connectivity index (χ4v) is 1.95. The number of carbonyl (C=O) groups excluding carboxylic acids is 1. The van der Waals surface area contributed by atoms with Crippen LogP contribution in [0.4, 0.5) is 9.93 Å². The maximum Gasteiger partial charge on any atom is 0.413 e. The van der Waals surface area contributed by atoms with Crippen LogP contribution in [0.3, 0.4) is 0 Å². The predicted octanol–water partition coefficient (Wildman–Crippen LogP) is 2.88. The number of anilines is 1. The van der Waals surface area contributed by atoms with Crippen molar-refractivity contribution >= 4 is 22.6 Å². The van der Waals surface area contributed by atoms with Gasteiger partial charge in [0.25, 0.3) is 0 Å². The van der Waals surface area contributed by atoms with E-state index in [4.69, 9.17) is 4.74 Å². The largest absolute Gasteiger partial charge is 0.444 e. The van der Waals surface area contributed by atoms with Gasteiger partial charge in [0.2, 0.25) is 0 Å². The smallest absolute Gasteiger partial charge is 0.413 e. The Morgan fingerprint density at radius 3 is 2.89 bits per heavy atom. The van der Waals surface area contributed by atoms with Crippen LogP contribution in [0.2, 0.25) is 0 Å². The number of H-pyrrole nitrogens is 1. The van der Waals surface area contributed by atoms with Gasteiger partial charge in [0.05, 0.1) is 11.9 Å². The molecule has 0 aromatic carbocycles. The van der Waals surface area contributed by atoms with E-state index in [9.17, 15) is 4.79 Å². The third-order valence-corrected chi connectivity index (χ3v) is 2.66. The molecule has 6 nitrogen and oxygen atoms in total. The van der Waals surface area contributed by atoms with Crippen LogP contribution in [0.15, 0.2) is 17.8 Å². The van der Waals surface area contributed by atoms with Crippen LogP contribution in [0.1, 0.15) is 20.8 Å². The Balaban J connectivity index is 2.01. The molecule has 0 saturated heterocycles. The number of hydrogen-bond acceptors (Lipinski definition) is 5. The molecule has 0 unspecified atom stereocenters. The van der Waals surface area contributed by atoms with Crippen LogP contribution in [0.5, 0.6) is 0 Å². The summed E-state index contributed by atoms with van der Waals surface area (Å²) < 4.78 is 5.14.